The van der Waals surface area contributed by atoms with Gasteiger partial charge in [0, 0.05) is 19.1 Å². The fourth-order valence-corrected chi connectivity index (χ4v) is 2.90. The van der Waals surface area contributed by atoms with Crippen LogP contribution in [0.15, 0.2) is 48.5 Å². The Balaban J connectivity index is 1.50. The molecule has 25 heavy (non-hydrogen) atoms. The first kappa shape index (κ1) is 17.8. The maximum atomic E-state index is 10.4. The van der Waals surface area contributed by atoms with Crippen LogP contribution in [0.1, 0.15) is 24.0 Å². The number of hydrogen-bond donors (Lipinski definition) is 1. The highest BCUT2D eigenvalue weighted by Gasteiger charge is 2.30. The summed E-state index contributed by atoms with van der Waals surface area (Å²) in [7, 11) is 1.64. The van der Waals surface area contributed by atoms with E-state index in [1.807, 2.05) is 24.3 Å². The smallest absolute Gasteiger partial charge is 0.119 e. The lowest BCUT2D eigenvalue weighted by Crippen LogP contribution is -2.36. The first-order valence-electron chi connectivity index (χ1n) is 8.88. The molecule has 1 N–H and O–H groups in total. The minimum Gasteiger partial charge on any atom is -0.497 e. The average Bonchev–Trinajstić information content (AvgIpc) is 3.47. The SMILES string of the molecule is COc1ccc(OC[C@H](O)CN(Cc2ccc(C)cc2)C2CC2)cc1. The molecule has 0 unspecified atom stereocenters. The number of aryl methyl sites for hydroxylation is 1. The van der Waals surface area contributed by atoms with Crippen LogP contribution in [0.2, 0.25) is 0 Å². The molecule has 2 aromatic carbocycles. The van der Waals surface area contributed by atoms with Crippen LogP contribution in [0.5, 0.6) is 11.5 Å². The maximum absolute atomic E-state index is 10.4. The van der Waals surface area contributed by atoms with Gasteiger partial charge in [0.15, 0.2) is 0 Å². The Morgan fingerprint density at radius 1 is 1.04 bits per heavy atom. The van der Waals surface area contributed by atoms with Crippen molar-refractivity contribution in [2.24, 2.45) is 0 Å². The Bertz CT molecular complexity index is 650. The quantitative estimate of drug-likeness (QED) is 0.759. The van der Waals surface area contributed by atoms with E-state index in [1.165, 1.54) is 24.0 Å². The van der Waals surface area contributed by atoms with E-state index < -0.39 is 6.10 Å². The van der Waals surface area contributed by atoms with Crippen LogP contribution in [-0.2, 0) is 6.54 Å². The highest BCUT2D eigenvalue weighted by Crippen LogP contribution is 2.28. The Labute approximate surface area is 150 Å². The van der Waals surface area contributed by atoms with E-state index in [1.54, 1.807) is 7.11 Å². The molecule has 0 saturated heterocycles. The largest absolute Gasteiger partial charge is 0.497 e. The van der Waals surface area contributed by atoms with Gasteiger partial charge in [-0.1, -0.05) is 29.8 Å². The van der Waals surface area contributed by atoms with Crippen molar-refractivity contribution in [1.29, 1.82) is 0 Å². The number of benzene rings is 2. The Morgan fingerprint density at radius 3 is 2.28 bits per heavy atom. The van der Waals surface area contributed by atoms with Gasteiger partial charge < -0.3 is 14.6 Å². The second kappa shape index (κ2) is 8.37. The van der Waals surface area contributed by atoms with Crippen molar-refractivity contribution in [2.75, 3.05) is 20.3 Å². The molecule has 1 saturated carbocycles. The van der Waals surface area contributed by atoms with E-state index in [0.717, 1.165) is 18.0 Å². The zero-order valence-corrected chi connectivity index (χ0v) is 15.0. The summed E-state index contributed by atoms with van der Waals surface area (Å²) in [6, 6.07) is 16.7. The lowest BCUT2D eigenvalue weighted by Gasteiger charge is -2.25. The van der Waals surface area contributed by atoms with Crippen molar-refractivity contribution in [2.45, 2.75) is 38.5 Å². The average molecular weight is 341 g/mol. The number of aliphatic hydroxyl groups excluding tert-OH is 1. The summed E-state index contributed by atoms with van der Waals surface area (Å²) in [5, 5.41) is 10.4. The van der Waals surface area contributed by atoms with Crippen molar-refractivity contribution in [1.82, 2.24) is 4.90 Å². The molecule has 1 aliphatic rings. The standard InChI is InChI=1S/C21H27NO3/c1-16-3-5-17(6-4-16)13-22(18-7-8-18)14-19(23)15-25-21-11-9-20(24-2)10-12-21/h3-6,9-12,18-19,23H,7-8,13-15H2,1-2H3/t19-/m1/s1. The number of rotatable bonds is 9. The van der Waals surface area contributed by atoms with Gasteiger partial charge in [-0.05, 0) is 49.6 Å². The lowest BCUT2D eigenvalue weighted by atomic mass is 10.1. The van der Waals surface area contributed by atoms with Gasteiger partial charge in [0.05, 0.1) is 7.11 Å². The molecule has 0 spiro atoms. The highest BCUT2D eigenvalue weighted by atomic mass is 16.5. The molecule has 3 rings (SSSR count). The summed E-state index contributed by atoms with van der Waals surface area (Å²) < 4.78 is 10.8. The Kier molecular flexibility index (Phi) is 5.95. The number of ether oxygens (including phenoxy) is 2. The van der Waals surface area contributed by atoms with Crippen LogP contribution < -0.4 is 9.47 Å². The van der Waals surface area contributed by atoms with Crippen molar-refractivity contribution >= 4 is 0 Å². The van der Waals surface area contributed by atoms with E-state index in [-0.39, 0.29) is 0 Å². The van der Waals surface area contributed by atoms with Gasteiger partial charge in [-0.15, -0.1) is 0 Å². The van der Waals surface area contributed by atoms with Crippen LogP contribution >= 0.6 is 0 Å². The van der Waals surface area contributed by atoms with Crippen LogP contribution in [-0.4, -0.2) is 42.4 Å². The number of methoxy groups -OCH3 is 1. The summed E-state index contributed by atoms with van der Waals surface area (Å²) in [6.45, 7) is 3.91. The van der Waals surface area contributed by atoms with E-state index in [2.05, 4.69) is 36.1 Å². The molecular formula is C21H27NO3. The molecule has 4 heteroatoms. The number of hydrogen-bond acceptors (Lipinski definition) is 4. The molecule has 0 aromatic heterocycles. The third kappa shape index (κ3) is 5.48. The maximum Gasteiger partial charge on any atom is 0.119 e. The summed E-state index contributed by atoms with van der Waals surface area (Å²) in [4.78, 5) is 2.37. The summed E-state index contributed by atoms with van der Waals surface area (Å²) in [6.07, 6.45) is 1.93. The molecule has 0 heterocycles. The molecule has 4 nitrogen and oxygen atoms in total. The molecule has 0 bridgehead atoms. The second-order valence-electron chi connectivity index (χ2n) is 6.79. The predicted molar refractivity (Wildman–Crippen MR) is 99.1 cm³/mol. The molecule has 0 amide bonds. The third-order valence-electron chi connectivity index (χ3n) is 4.52. The Hall–Kier alpha value is -2.04. The van der Waals surface area contributed by atoms with Crippen LogP contribution in [0.3, 0.4) is 0 Å². The topological polar surface area (TPSA) is 41.9 Å². The lowest BCUT2D eigenvalue weighted by molar-refractivity contribution is 0.0626. The fraction of sp³-hybridized carbons (Fsp3) is 0.429. The van der Waals surface area contributed by atoms with E-state index >= 15 is 0 Å². The number of aliphatic hydroxyl groups is 1. The van der Waals surface area contributed by atoms with Gasteiger partial charge >= 0.3 is 0 Å². The summed E-state index contributed by atoms with van der Waals surface area (Å²) in [5.74, 6) is 1.54. The zero-order chi connectivity index (χ0) is 17.6. The van der Waals surface area contributed by atoms with Crippen molar-refractivity contribution in [3.63, 3.8) is 0 Å². The van der Waals surface area contributed by atoms with Crippen molar-refractivity contribution < 1.29 is 14.6 Å². The van der Waals surface area contributed by atoms with E-state index in [0.29, 0.717) is 19.2 Å². The monoisotopic (exact) mass is 341 g/mol. The molecular weight excluding hydrogens is 314 g/mol. The van der Waals surface area contributed by atoms with Gasteiger partial charge in [-0.25, -0.2) is 0 Å². The summed E-state index contributed by atoms with van der Waals surface area (Å²) >= 11 is 0. The van der Waals surface area contributed by atoms with Gasteiger partial charge in [-0.3, -0.25) is 4.90 Å². The minimum absolute atomic E-state index is 0.295. The van der Waals surface area contributed by atoms with E-state index in [9.17, 15) is 5.11 Å². The van der Waals surface area contributed by atoms with Gasteiger partial charge in [0.1, 0.15) is 24.2 Å². The van der Waals surface area contributed by atoms with Crippen molar-refractivity contribution in [3.8, 4) is 11.5 Å². The molecule has 0 aliphatic heterocycles. The van der Waals surface area contributed by atoms with Gasteiger partial charge in [0.25, 0.3) is 0 Å². The predicted octanol–water partition coefficient (Wildman–Crippen LogP) is 3.41. The molecule has 1 atom stereocenters. The molecule has 1 fully saturated rings. The molecule has 1 aliphatic carbocycles. The normalized spacial score (nSPS) is 15.2. The minimum atomic E-state index is -0.506. The van der Waals surface area contributed by atoms with Crippen molar-refractivity contribution in [3.05, 3.63) is 59.7 Å². The van der Waals surface area contributed by atoms with E-state index in [4.69, 9.17) is 9.47 Å². The highest BCUT2D eigenvalue weighted by molar-refractivity contribution is 5.31. The Morgan fingerprint density at radius 2 is 1.68 bits per heavy atom. The molecule has 2 aromatic rings. The third-order valence-corrected chi connectivity index (χ3v) is 4.52. The molecule has 0 radical (unpaired) electrons. The zero-order valence-electron chi connectivity index (χ0n) is 15.0. The van der Waals surface area contributed by atoms with Crippen LogP contribution in [0.4, 0.5) is 0 Å². The number of nitrogens with zero attached hydrogens (tertiary/aromatic N) is 1. The summed E-state index contributed by atoms with van der Waals surface area (Å²) in [5.41, 5.74) is 2.57. The first-order valence-corrected chi connectivity index (χ1v) is 8.88. The second-order valence-corrected chi connectivity index (χ2v) is 6.79. The molecule has 134 valence electrons. The van der Waals surface area contributed by atoms with Gasteiger partial charge in [0.2, 0.25) is 0 Å². The first-order chi connectivity index (χ1) is 12.1. The van der Waals surface area contributed by atoms with Crippen LogP contribution in [0, 0.1) is 6.92 Å². The fourth-order valence-electron chi connectivity index (χ4n) is 2.90. The van der Waals surface area contributed by atoms with Gasteiger partial charge in [-0.2, -0.15) is 0 Å². The van der Waals surface area contributed by atoms with Crippen LogP contribution in [0.25, 0.3) is 0 Å².